The molecule has 0 aromatic carbocycles. The maximum Gasteiger partial charge on any atom is 2.00 e. The Morgan fingerprint density at radius 3 is 1.50 bits per heavy atom. The molecule has 0 unspecified atom stereocenters. The fourth-order valence-electron chi connectivity index (χ4n) is 0. The van der Waals surface area contributed by atoms with Gasteiger partial charge in [0.05, 0.1) is 0 Å². The van der Waals surface area contributed by atoms with Crippen LogP contribution >= 0.6 is 7.91 Å². The molecule has 3 nitrogen and oxygen atoms in total. The van der Waals surface area contributed by atoms with E-state index in [0.29, 0.717) is 0 Å². The average molecular weight is 125 g/mol. The van der Waals surface area contributed by atoms with Crippen molar-refractivity contribution in [3.8, 4) is 0 Å². The molecule has 0 amide bonds. The van der Waals surface area contributed by atoms with Crippen molar-refractivity contribution >= 4 is 25.3 Å². The third kappa shape index (κ3) is 160. The van der Waals surface area contributed by atoms with E-state index in [9.17, 15) is 4.20 Å². The van der Waals surface area contributed by atoms with E-state index in [1.54, 1.807) is 0 Å². The average Bonchev–Trinajstić information content (AvgIpc) is 0.722. The molecule has 1 radical (unpaired) electrons. The van der Waals surface area contributed by atoms with Crippen LogP contribution in [0, 0.1) is 0 Å². The standard InChI is InChI=1S/Al.FH2O3P/c;1-5(2,3)4/h;(H2,2,3,4)/q+2;/p-2. The Bertz CT molecular complexity index is 56.9. The molecule has 6 heteroatoms. The summed E-state index contributed by atoms with van der Waals surface area (Å²) in [7, 11) is -5.64. The summed E-state index contributed by atoms with van der Waals surface area (Å²) in [6.07, 6.45) is 0. The summed E-state index contributed by atoms with van der Waals surface area (Å²) in [6.45, 7) is 0. The van der Waals surface area contributed by atoms with Crippen molar-refractivity contribution in [3.05, 3.63) is 0 Å². The van der Waals surface area contributed by atoms with Crippen molar-refractivity contribution in [2.75, 3.05) is 0 Å². The minimum absolute atomic E-state index is 0. The van der Waals surface area contributed by atoms with Gasteiger partial charge in [0.1, 0.15) is 7.91 Å². The molecule has 0 bridgehead atoms. The first kappa shape index (κ1) is 9.79. The fraction of sp³-hybridized carbons (Fsp3) is 0. The Hall–Kier alpha value is 0.612. The molecule has 0 aromatic rings. The van der Waals surface area contributed by atoms with Crippen molar-refractivity contribution < 1.29 is 18.5 Å². The third-order valence-corrected chi connectivity index (χ3v) is 0. The molecule has 0 heterocycles. The van der Waals surface area contributed by atoms with Crippen molar-refractivity contribution in [1.29, 1.82) is 0 Å². The molecule has 0 fully saturated rings. The Balaban J connectivity index is 0. The van der Waals surface area contributed by atoms with E-state index in [-0.39, 0.29) is 17.4 Å². The van der Waals surface area contributed by atoms with E-state index in [1.807, 2.05) is 0 Å². The zero-order valence-electron chi connectivity index (χ0n) is 2.63. The molecule has 0 spiro atoms. The van der Waals surface area contributed by atoms with Gasteiger partial charge in [0.2, 0.25) is 0 Å². The number of halogens is 1. The summed E-state index contributed by atoms with van der Waals surface area (Å²) >= 11 is 0. The molecule has 0 atom stereocenters. The summed E-state index contributed by atoms with van der Waals surface area (Å²) in [6, 6.07) is 0. The third-order valence-electron chi connectivity index (χ3n) is 0. The van der Waals surface area contributed by atoms with Crippen LogP contribution in [-0.4, -0.2) is 17.4 Å². The molecule has 0 saturated carbocycles. The van der Waals surface area contributed by atoms with Crippen LogP contribution in [0.15, 0.2) is 0 Å². The Morgan fingerprint density at radius 1 is 1.50 bits per heavy atom. The van der Waals surface area contributed by atoms with Crippen LogP contribution < -0.4 is 9.79 Å². The van der Waals surface area contributed by atoms with Crippen LogP contribution in [-0.2, 0) is 4.57 Å². The monoisotopic (exact) mass is 125 g/mol. The minimum Gasteiger partial charge on any atom is -0.786 e. The van der Waals surface area contributed by atoms with E-state index in [1.165, 1.54) is 0 Å². The first-order chi connectivity index (χ1) is 2.00. The van der Waals surface area contributed by atoms with E-state index in [0.717, 1.165) is 0 Å². The molecule has 0 saturated heterocycles. The van der Waals surface area contributed by atoms with Gasteiger partial charge in [-0.25, -0.2) is 4.20 Å². The van der Waals surface area contributed by atoms with Gasteiger partial charge in [-0.05, 0) is 0 Å². The Labute approximate surface area is 44.6 Å². The predicted molar refractivity (Wildman–Crippen MR) is 14.5 cm³/mol. The van der Waals surface area contributed by atoms with Gasteiger partial charge in [0.15, 0.2) is 0 Å². The quantitative estimate of drug-likeness (QED) is 0.289. The predicted octanol–water partition coefficient (Wildman–Crippen LogP) is -1.60. The Morgan fingerprint density at radius 2 is 1.50 bits per heavy atom. The summed E-state index contributed by atoms with van der Waals surface area (Å²) < 4.78 is 18.6. The van der Waals surface area contributed by atoms with Crippen molar-refractivity contribution in [3.63, 3.8) is 0 Å². The topological polar surface area (TPSA) is 63.2 Å². The van der Waals surface area contributed by atoms with Crippen LogP contribution in [0.25, 0.3) is 0 Å². The van der Waals surface area contributed by atoms with Crippen LogP contribution in [0.1, 0.15) is 0 Å². The molecular weight excluding hydrogens is 125 g/mol. The van der Waals surface area contributed by atoms with Gasteiger partial charge < -0.3 is 14.4 Å². The normalized spacial score (nSPS) is 9.83. The first-order valence-electron chi connectivity index (χ1n) is 0.717. The second-order valence-corrected chi connectivity index (χ2v) is 1.29. The van der Waals surface area contributed by atoms with Gasteiger partial charge in [0.25, 0.3) is 0 Å². The van der Waals surface area contributed by atoms with Crippen LogP contribution in [0.4, 0.5) is 4.20 Å². The van der Waals surface area contributed by atoms with Gasteiger partial charge in [-0.2, -0.15) is 0 Å². The SMILES string of the molecule is O=P([O-])([O-])F.[Al+2]. The molecule has 6 heavy (non-hydrogen) atoms. The zero-order valence-corrected chi connectivity index (χ0v) is 4.68. The van der Waals surface area contributed by atoms with Gasteiger partial charge in [-0.15, -0.1) is 0 Å². The Kier molecular flexibility index (Phi) is 4.46. The molecule has 0 rings (SSSR count). The van der Waals surface area contributed by atoms with Gasteiger partial charge >= 0.3 is 17.4 Å². The largest absolute Gasteiger partial charge is 2.00 e. The molecule has 0 aliphatic heterocycles. The van der Waals surface area contributed by atoms with Gasteiger partial charge in [-0.3, -0.25) is 0 Å². The van der Waals surface area contributed by atoms with E-state index in [4.69, 9.17) is 14.4 Å². The minimum atomic E-state index is -5.64. The second kappa shape index (κ2) is 2.73. The van der Waals surface area contributed by atoms with Gasteiger partial charge in [-0.1, -0.05) is 0 Å². The summed E-state index contributed by atoms with van der Waals surface area (Å²) in [5.41, 5.74) is 0. The molecule has 0 aliphatic rings. The molecule has 33 valence electrons. The molecular formula is AlFO3P. The summed E-state index contributed by atoms with van der Waals surface area (Å²) in [5, 5.41) is 0. The van der Waals surface area contributed by atoms with E-state index < -0.39 is 7.91 Å². The van der Waals surface area contributed by atoms with E-state index >= 15 is 0 Å². The maximum absolute atomic E-state index is 10.1. The smallest absolute Gasteiger partial charge is 0.786 e. The molecule has 0 aromatic heterocycles. The van der Waals surface area contributed by atoms with Crippen LogP contribution in [0.3, 0.4) is 0 Å². The van der Waals surface area contributed by atoms with E-state index in [2.05, 4.69) is 0 Å². The van der Waals surface area contributed by atoms with Crippen LogP contribution in [0.2, 0.25) is 0 Å². The zero-order chi connectivity index (χ0) is 4.50. The van der Waals surface area contributed by atoms with Gasteiger partial charge in [0, 0.05) is 0 Å². The summed E-state index contributed by atoms with van der Waals surface area (Å²) in [4.78, 5) is 16.9. The second-order valence-electron chi connectivity index (χ2n) is 0.431. The number of hydrogen-bond donors (Lipinski definition) is 0. The number of hydrogen-bond acceptors (Lipinski definition) is 3. The first-order valence-corrected chi connectivity index (χ1v) is 2.15. The molecule has 0 aliphatic carbocycles. The molecule has 0 N–H and O–H groups in total. The number of rotatable bonds is 0. The van der Waals surface area contributed by atoms with Crippen molar-refractivity contribution in [1.82, 2.24) is 0 Å². The fourth-order valence-corrected chi connectivity index (χ4v) is 0. The maximum atomic E-state index is 10.1. The van der Waals surface area contributed by atoms with Crippen molar-refractivity contribution in [2.45, 2.75) is 0 Å². The summed E-state index contributed by atoms with van der Waals surface area (Å²) in [5.74, 6) is 0. The van der Waals surface area contributed by atoms with Crippen LogP contribution in [0.5, 0.6) is 0 Å². The van der Waals surface area contributed by atoms with Crippen molar-refractivity contribution in [2.24, 2.45) is 0 Å².